The van der Waals surface area contributed by atoms with Crippen molar-refractivity contribution < 1.29 is 4.74 Å². The van der Waals surface area contributed by atoms with E-state index in [-0.39, 0.29) is 6.04 Å². The molecule has 0 aromatic heterocycles. The molecule has 1 atom stereocenters. The molecule has 3 nitrogen and oxygen atoms in total. The van der Waals surface area contributed by atoms with E-state index in [4.69, 9.17) is 33.7 Å². The first-order chi connectivity index (χ1) is 10.1. The van der Waals surface area contributed by atoms with Crippen molar-refractivity contribution in [3.05, 3.63) is 33.8 Å². The van der Waals surface area contributed by atoms with E-state index in [1.54, 1.807) is 6.07 Å². The van der Waals surface area contributed by atoms with E-state index in [1.165, 1.54) is 12.8 Å². The summed E-state index contributed by atoms with van der Waals surface area (Å²) in [5, 5.41) is 1.13. The number of rotatable bonds is 9. The highest BCUT2D eigenvalue weighted by molar-refractivity contribution is 6.42. The molecule has 1 aromatic rings. The lowest BCUT2D eigenvalue weighted by atomic mass is 10.0. The number of nitrogens with zero attached hydrogens (tertiary/aromatic N) is 1. The molecule has 0 radical (unpaired) electrons. The second-order valence-electron chi connectivity index (χ2n) is 5.86. The van der Waals surface area contributed by atoms with Crippen molar-refractivity contribution in [3.63, 3.8) is 0 Å². The molecule has 0 heterocycles. The Hall–Kier alpha value is -0.320. The molecular formula is C16H24Cl2N2O. The maximum Gasteiger partial charge on any atom is 0.0640 e. The van der Waals surface area contributed by atoms with E-state index in [0.29, 0.717) is 10.0 Å². The number of likely N-dealkylation sites (N-methyl/N-ethyl adjacent to an activating group) is 1. The van der Waals surface area contributed by atoms with Gasteiger partial charge in [-0.15, -0.1) is 0 Å². The number of hydrogen-bond donors (Lipinski definition) is 1. The number of benzene rings is 1. The third kappa shape index (κ3) is 5.76. The molecule has 1 unspecified atom stereocenters. The van der Waals surface area contributed by atoms with Gasteiger partial charge in [0.05, 0.1) is 16.7 Å². The molecule has 2 N–H and O–H groups in total. The molecule has 0 aliphatic heterocycles. The maximum absolute atomic E-state index is 6.21. The van der Waals surface area contributed by atoms with Crippen molar-refractivity contribution in [2.75, 3.05) is 33.4 Å². The highest BCUT2D eigenvalue weighted by atomic mass is 35.5. The third-order valence-corrected chi connectivity index (χ3v) is 4.70. The summed E-state index contributed by atoms with van der Waals surface area (Å²) in [6.45, 7) is 3.56. The molecular weight excluding hydrogens is 307 g/mol. The molecule has 5 heteroatoms. The molecule has 0 saturated heterocycles. The molecule has 1 aromatic carbocycles. The molecule has 1 aliphatic rings. The summed E-state index contributed by atoms with van der Waals surface area (Å²) in [5.41, 5.74) is 7.13. The summed E-state index contributed by atoms with van der Waals surface area (Å²) in [6.07, 6.45) is 3.52. The Kier molecular flexibility index (Phi) is 6.77. The van der Waals surface area contributed by atoms with Gasteiger partial charge in [0.1, 0.15) is 0 Å². The first-order valence-corrected chi connectivity index (χ1v) is 8.29. The topological polar surface area (TPSA) is 38.5 Å². The van der Waals surface area contributed by atoms with Crippen LogP contribution in [0, 0.1) is 5.92 Å². The fourth-order valence-corrected chi connectivity index (χ4v) is 2.64. The molecule has 0 amide bonds. The second kappa shape index (κ2) is 8.35. The smallest absolute Gasteiger partial charge is 0.0640 e. The SMILES string of the molecule is CN(CCOCC1CC1)CCC(N)c1cccc(Cl)c1Cl. The first kappa shape index (κ1) is 17.0. The maximum atomic E-state index is 6.21. The highest BCUT2D eigenvalue weighted by Crippen LogP contribution is 2.30. The lowest BCUT2D eigenvalue weighted by Crippen LogP contribution is -2.27. The Morgan fingerprint density at radius 1 is 1.33 bits per heavy atom. The van der Waals surface area contributed by atoms with Crippen molar-refractivity contribution in [2.24, 2.45) is 11.7 Å². The minimum absolute atomic E-state index is 0.0916. The fourth-order valence-electron chi connectivity index (χ4n) is 2.19. The Bertz CT molecular complexity index is 452. The van der Waals surface area contributed by atoms with E-state index < -0.39 is 0 Å². The minimum Gasteiger partial charge on any atom is -0.380 e. The van der Waals surface area contributed by atoms with Gasteiger partial charge in [0.25, 0.3) is 0 Å². The number of ether oxygens (including phenoxy) is 1. The zero-order valence-corrected chi connectivity index (χ0v) is 14.0. The monoisotopic (exact) mass is 330 g/mol. The summed E-state index contributed by atoms with van der Waals surface area (Å²) < 4.78 is 5.64. The molecule has 0 spiro atoms. The van der Waals surface area contributed by atoms with Gasteiger partial charge >= 0.3 is 0 Å². The van der Waals surface area contributed by atoms with Gasteiger partial charge in [0.15, 0.2) is 0 Å². The zero-order valence-electron chi connectivity index (χ0n) is 12.5. The third-order valence-electron chi connectivity index (χ3n) is 3.87. The van der Waals surface area contributed by atoms with Crippen molar-refractivity contribution in [1.29, 1.82) is 0 Å². The largest absolute Gasteiger partial charge is 0.380 e. The number of nitrogens with two attached hydrogens (primary N) is 1. The van der Waals surface area contributed by atoms with Crippen LogP contribution in [0.2, 0.25) is 10.0 Å². The van der Waals surface area contributed by atoms with Crippen LogP contribution in [0.3, 0.4) is 0 Å². The average Bonchev–Trinajstić information content (AvgIpc) is 3.28. The number of hydrogen-bond acceptors (Lipinski definition) is 3. The summed E-state index contributed by atoms with van der Waals surface area (Å²) in [6, 6.07) is 5.52. The molecule has 1 fully saturated rings. The van der Waals surface area contributed by atoms with E-state index in [0.717, 1.165) is 44.2 Å². The molecule has 21 heavy (non-hydrogen) atoms. The van der Waals surface area contributed by atoms with Crippen LogP contribution in [-0.4, -0.2) is 38.3 Å². The van der Waals surface area contributed by atoms with Crippen molar-refractivity contribution >= 4 is 23.2 Å². The van der Waals surface area contributed by atoms with Crippen LogP contribution in [0.1, 0.15) is 30.9 Å². The van der Waals surface area contributed by atoms with Crippen molar-refractivity contribution in [1.82, 2.24) is 4.90 Å². The van der Waals surface area contributed by atoms with Gasteiger partial charge in [-0.1, -0.05) is 35.3 Å². The zero-order chi connectivity index (χ0) is 15.2. The predicted molar refractivity (Wildman–Crippen MR) is 89.0 cm³/mol. The normalized spacial score (nSPS) is 16.4. The Morgan fingerprint density at radius 3 is 2.81 bits per heavy atom. The molecule has 1 aliphatic carbocycles. The van der Waals surface area contributed by atoms with Gasteiger partial charge < -0.3 is 15.4 Å². The van der Waals surface area contributed by atoms with Crippen LogP contribution in [0.4, 0.5) is 0 Å². The Balaban J connectivity index is 1.67. The van der Waals surface area contributed by atoms with E-state index in [2.05, 4.69) is 11.9 Å². The van der Waals surface area contributed by atoms with Crippen molar-refractivity contribution in [2.45, 2.75) is 25.3 Å². The van der Waals surface area contributed by atoms with E-state index >= 15 is 0 Å². The second-order valence-corrected chi connectivity index (χ2v) is 6.64. The molecule has 2 rings (SSSR count). The summed E-state index contributed by atoms with van der Waals surface area (Å²) in [5.74, 6) is 0.827. The highest BCUT2D eigenvalue weighted by Gasteiger charge is 2.21. The van der Waals surface area contributed by atoms with Gasteiger partial charge in [-0.2, -0.15) is 0 Å². The predicted octanol–water partition coefficient (Wildman–Crippen LogP) is 3.74. The van der Waals surface area contributed by atoms with Gasteiger partial charge in [0, 0.05) is 19.2 Å². The standard InChI is InChI=1S/C16H24Cl2N2O/c1-20(9-10-21-11-12-5-6-12)8-7-15(19)13-3-2-4-14(17)16(13)18/h2-4,12,15H,5-11,19H2,1H3. The lowest BCUT2D eigenvalue weighted by Gasteiger charge is -2.20. The van der Waals surface area contributed by atoms with E-state index in [9.17, 15) is 0 Å². The van der Waals surface area contributed by atoms with Gasteiger partial charge in [-0.05, 0) is 50.4 Å². The lowest BCUT2D eigenvalue weighted by molar-refractivity contribution is 0.103. The van der Waals surface area contributed by atoms with Gasteiger partial charge in [0.2, 0.25) is 0 Å². The Labute approximate surface area is 137 Å². The summed E-state index contributed by atoms with van der Waals surface area (Å²) >= 11 is 12.2. The van der Waals surface area contributed by atoms with Crippen LogP contribution in [-0.2, 0) is 4.74 Å². The van der Waals surface area contributed by atoms with Crippen LogP contribution < -0.4 is 5.73 Å². The minimum atomic E-state index is -0.0916. The number of halogens is 2. The average molecular weight is 331 g/mol. The quantitative estimate of drug-likeness (QED) is 0.701. The van der Waals surface area contributed by atoms with Crippen molar-refractivity contribution in [3.8, 4) is 0 Å². The van der Waals surface area contributed by atoms with Gasteiger partial charge in [-0.3, -0.25) is 0 Å². The summed E-state index contributed by atoms with van der Waals surface area (Å²) in [4.78, 5) is 2.24. The van der Waals surface area contributed by atoms with Crippen LogP contribution in [0.5, 0.6) is 0 Å². The molecule has 1 saturated carbocycles. The van der Waals surface area contributed by atoms with Gasteiger partial charge in [-0.25, -0.2) is 0 Å². The Morgan fingerprint density at radius 2 is 2.10 bits per heavy atom. The first-order valence-electron chi connectivity index (χ1n) is 7.53. The van der Waals surface area contributed by atoms with Crippen LogP contribution in [0.25, 0.3) is 0 Å². The van der Waals surface area contributed by atoms with E-state index in [1.807, 2.05) is 12.1 Å². The fraction of sp³-hybridized carbons (Fsp3) is 0.625. The molecule has 0 bridgehead atoms. The summed E-state index contributed by atoms with van der Waals surface area (Å²) in [7, 11) is 2.09. The van der Waals surface area contributed by atoms with Crippen LogP contribution >= 0.6 is 23.2 Å². The molecule has 118 valence electrons. The van der Waals surface area contributed by atoms with Crippen LogP contribution in [0.15, 0.2) is 18.2 Å².